The van der Waals surface area contributed by atoms with Gasteiger partial charge in [0.25, 0.3) is 11.8 Å². The third-order valence-corrected chi connectivity index (χ3v) is 7.41. The van der Waals surface area contributed by atoms with Crippen molar-refractivity contribution in [3.05, 3.63) is 88.4 Å². The van der Waals surface area contributed by atoms with Crippen LogP contribution >= 0.6 is 11.3 Å². The Labute approximate surface area is 213 Å². The van der Waals surface area contributed by atoms with Crippen molar-refractivity contribution in [3.8, 4) is 11.3 Å². The number of rotatable bonds is 7. The van der Waals surface area contributed by atoms with E-state index in [-0.39, 0.29) is 11.8 Å². The van der Waals surface area contributed by atoms with E-state index in [4.69, 9.17) is 4.42 Å². The minimum atomic E-state index is -0.207. The Morgan fingerprint density at radius 3 is 2.69 bits per heavy atom. The summed E-state index contributed by atoms with van der Waals surface area (Å²) in [5.74, 6) is 0.243. The molecule has 2 heterocycles. The fourth-order valence-corrected chi connectivity index (χ4v) is 5.35. The molecule has 36 heavy (non-hydrogen) atoms. The van der Waals surface area contributed by atoms with Crippen LogP contribution in [0, 0.1) is 0 Å². The number of hydrogen-bond acceptors (Lipinski definition) is 7. The van der Waals surface area contributed by atoms with Gasteiger partial charge in [-0.05, 0) is 63.2 Å². The number of benzene rings is 2. The Balaban J connectivity index is 1.18. The highest BCUT2D eigenvalue weighted by Gasteiger charge is 2.24. The lowest BCUT2D eigenvalue weighted by atomic mass is 9.97. The molecule has 2 aromatic heterocycles. The van der Waals surface area contributed by atoms with Crippen LogP contribution in [0.1, 0.15) is 43.3 Å². The number of nitrogens with zero attached hydrogens (tertiary/aromatic N) is 3. The number of anilines is 1. The predicted molar refractivity (Wildman–Crippen MR) is 139 cm³/mol. The lowest BCUT2D eigenvalue weighted by molar-refractivity contribution is 0.0950. The van der Waals surface area contributed by atoms with Crippen LogP contribution in [0.4, 0.5) is 5.13 Å². The highest BCUT2D eigenvalue weighted by Crippen LogP contribution is 2.31. The highest BCUT2D eigenvalue weighted by molar-refractivity contribution is 7.15. The predicted octanol–water partition coefficient (Wildman–Crippen LogP) is 4.40. The van der Waals surface area contributed by atoms with E-state index in [1.54, 1.807) is 41.8 Å². The summed E-state index contributed by atoms with van der Waals surface area (Å²) in [6.07, 6.45) is 5.98. The zero-order valence-electron chi connectivity index (χ0n) is 20.2. The molecule has 2 N–H and O–H groups in total. The largest absolute Gasteiger partial charge is 0.444 e. The molecule has 0 radical (unpaired) electrons. The number of likely N-dealkylation sites (N-methyl/N-ethyl adjacent to an activating group) is 1. The molecule has 2 amide bonds. The van der Waals surface area contributed by atoms with Crippen LogP contribution in [0.25, 0.3) is 11.3 Å². The summed E-state index contributed by atoms with van der Waals surface area (Å²) in [5, 5.41) is 6.50. The van der Waals surface area contributed by atoms with Crippen LogP contribution in [-0.4, -0.2) is 46.8 Å². The van der Waals surface area contributed by atoms with Gasteiger partial charge in [-0.1, -0.05) is 24.3 Å². The molecule has 0 bridgehead atoms. The Morgan fingerprint density at radius 2 is 1.94 bits per heavy atom. The van der Waals surface area contributed by atoms with Crippen molar-refractivity contribution in [1.82, 2.24) is 20.2 Å². The van der Waals surface area contributed by atoms with Crippen molar-refractivity contribution in [2.75, 3.05) is 19.4 Å². The van der Waals surface area contributed by atoms with Gasteiger partial charge in [0, 0.05) is 34.2 Å². The van der Waals surface area contributed by atoms with Crippen molar-refractivity contribution in [3.63, 3.8) is 0 Å². The van der Waals surface area contributed by atoms with E-state index < -0.39 is 0 Å². The van der Waals surface area contributed by atoms with Crippen molar-refractivity contribution in [1.29, 1.82) is 0 Å². The first-order valence-electron chi connectivity index (χ1n) is 11.8. The van der Waals surface area contributed by atoms with E-state index in [1.807, 2.05) is 24.3 Å². The number of carbonyl (C=O) groups is 2. The lowest BCUT2D eigenvalue weighted by Gasteiger charge is -2.27. The minimum Gasteiger partial charge on any atom is -0.444 e. The average Bonchev–Trinajstić information content (AvgIpc) is 3.57. The second-order valence-electron chi connectivity index (χ2n) is 9.03. The van der Waals surface area contributed by atoms with E-state index in [0.717, 1.165) is 36.1 Å². The number of amides is 2. The first-order valence-corrected chi connectivity index (χ1v) is 12.6. The molecular formula is C27H27N5O3S. The molecule has 0 saturated heterocycles. The van der Waals surface area contributed by atoms with E-state index in [2.05, 4.69) is 39.6 Å². The Kier molecular flexibility index (Phi) is 6.92. The van der Waals surface area contributed by atoms with Gasteiger partial charge in [0.15, 0.2) is 17.3 Å². The Bertz CT molecular complexity index is 1360. The van der Waals surface area contributed by atoms with E-state index in [9.17, 15) is 9.59 Å². The second-order valence-corrected chi connectivity index (χ2v) is 10.1. The van der Waals surface area contributed by atoms with Crippen LogP contribution in [-0.2, 0) is 19.4 Å². The summed E-state index contributed by atoms with van der Waals surface area (Å²) in [6, 6.07) is 14.9. The second kappa shape index (κ2) is 10.4. The van der Waals surface area contributed by atoms with Crippen LogP contribution in [0.5, 0.6) is 0 Å². The number of aryl methyl sites for hydroxylation is 1. The third-order valence-electron chi connectivity index (χ3n) is 6.37. The fraction of sp³-hybridized carbons (Fsp3) is 0.259. The van der Waals surface area contributed by atoms with Crippen molar-refractivity contribution in [2.24, 2.45) is 0 Å². The van der Waals surface area contributed by atoms with Crippen LogP contribution < -0.4 is 10.6 Å². The minimum absolute atomic E-state index is 0.196. The van der Waals surface area contributed by atoms with Crippen molar-refractivity contribution in [2.45, 2.75) is 31.8 Å². The van der Waals surface area contributed by atoms with E-state index >= 15 is 0 Å². The quantitative estimate of drug-likeness (QED) is 0.389. The molecule has 9 heteroatoms. The topological polar surface area (TPSA) is 100 Å². The molecule has 5 rings (SSSR count). The molecule has 8 nitrogen and oxygen atoms in total. The van der Waals surface area contributed by atoms with Crippen molar-refractivity contribution >= 4 is 28.3 Å². The molecule has 184 valence electrons. The molecule has 0 aliphatic heterocycles. The molecule has 0 saturated carbocycles. The van der Waals surface area contributed by atoms with Gasteiger partial charge in [0.05, 0.1) is 11.9 Å². The van der Waals surface area contributed by atoms with Gasteiger partial charge in [0.2, 0.25) is 0 Å². The number of carbonyl (C=O) groups excluding carboxylic acids is 2. The zero-order valence-corrected chi connectivity index (χ0v) is 21.0. The molecule has 4 aromatic rings. The first kappa shape index (κ1) is 23.9. The molecule has 1 aliphatic carbocycles. The summed E-state index contributed by atoms with van der Waals surface area (Å²) < 4.78 is 5.28. The molecule has 1 aliphatic rings. The number of thiazole rings is 1. The molecular weight excluding hydrogens is 474 g/mol. The SMILES string of the molecule is CN(C)[C@H]1CCc2nc(NC(=O)c3cccc(CNC(=O)c4ccc(-c5cnco5)cc4)c3)sc2C1. The maximum atomic E-state index is 12.9. The van der Waals surface area contributed by atoms with Crippen LogP contribution in [0.3, 0.4) is 0 Å². The van der Waals surface area contributed by atoms with Gasteiger partial charge < -0.3 is 14.6 Å². The first-order chi connectivity index (χ1) is 17.5. The number of hydrogen-bond donors (Lipinski definition) is 2. The summed E-state index contributed by atoms with van der Waals surface area (Å²) in [6.45, 7) is 0.307. The lowest BCUT2D eigenvalue weighted by Crippen LogP contribution is -2.32. The van der Waals surface area contributed by atoms with Gasteiger partial charge in [-0.2, -0.15) is 0 Å². The van der Waals surface area contributed by atoms with E-state index in [0.29, 0.717) is 34.6 Å². The van der Waals surface area contributed by atoms with E-state index in [1.165, 1.54) is 11.3 Å². The van der Waals surface area contributed by atoms with Gasteiger partial charge >= 0.3 is 0 Å². The van der Waals surface area contributed by atoms with Gasteiger partial charge in [-0.25, -0.2) is 9.97 Å². The molecule has 1 atom stereocenters. The van der Waals surface area contributed by atoms with Gasteiger partial charge in [0.1, 0.15) is 0 Å². The number of fused-ring (bicyclic) bond motifs is 1. The maximum Gasteiger partial charge on any atom is 0.257 e. The number of oxazole rings is 1. The normalized spacial score (nSPS) is 14.9. The zero-order chi connectivity index (χ0) is 25.1. The van der Waals surface area contributed by atoms with Gasteiger partial charge in [-0.15, -0.1) is 11.3 Å². The summed E-state index contributed by atoms with van der Waals surface area (Å²) in [7, 11) is 4.20. The standard InChI is InChI=1S/C27H27N5O3S/c1-32(2)21-10-11-22-24(13-21)36-27(30-22)31-26(34)20-5-3-4-17(12-20)14-29-25(33)19-8-6-18(7-9-19)23-15-28-16-35-23/h3-9,12,15-16,21H,10-11,13-14H2,1-2H3,(H,29,33)(H,30,31,34)/t21-/m0/s1. The van der Waals surface area contributed by atoms with Gasteiger partial charge in [-0.3, -0.25) is 14.9 Å². The number of aromatic nitrogens is 2. The molecule has 0 fully saturated rings. The Morgan fingerprint density at radius 1 is 1.11 bits per heavy atom. The number of nitrogens with one attached hydrogen (secondary N) is 2. The highest BCUT2D eigenvalue weighted by atomic mass is 32.1. The summed E-state index contributed by atoms with van der Waals surface area (Å²) >= 11 is 1.56. The average molecular weight is 502 g/mol. The summed E-state index contributed by atoms with van der Waals surface area (Å²) in [5.41, 5.74) is 3.84. The van der Waals surface area contributed by atoms with Crippen LogP contribution in [0.15, 0.2) is 65.5 Å². The fourth-order valence-electron chi connectivity index (χ4n) is 4.27. The molecule has 0 spiro atoms. The maximum absolute atomic E-state index is 12.9. The molecule has 2 aromatic carbocycles. The van der Waals surface area contributed by atoms with Crippen LogP contribution in [0.2, 0.25) is 0 Å². The molecule has 0 unspecified atom stereocenters. The third kappa shape index (κ3) is 5.37. The smallest absolute Gasteiger partial charge is 0.257 e. The summed E-state index contributed by atoms with van der Waals surface area (Å²) in [4.78, 5) is 37.5. The van der Waals surface area contributed by atoms with Crippen molar-refractivity contribution < 1.29 is 14.0 Å². The monoisotopic (exact) mass is 501 g/mol. The Hall–Kier alpha value is -3.82.